The van der Waals surface area contributed by atoms with Crippen LogP contribution < -0.4 is 10.6 Å². The number of nitrogens with zero attached hydrogens (tertiary/aromatic N) is 3. The zero-order chi connectivity index (χ0) is 20.8. The second-order valence-electron chi connectivity index (χ2n) is 8.18. The molecule has 1 saturated heterocycles. The van der Waals surface area contributed by atoms with E-state index in [0.717, 1.165) is 25.9 Å². The molecule has 0 unspecified atom stereocenters. The van der Waals surface area contributed by atoms with Crippen molar-refractivity contribution >= 4 is 29.0 Å². The minimum atomic E-state index is -0.798. The third kappa shape index (κ3) is 3.72. The summed E-state index contributed by atoms with van der Waals surface area (Å²) in [6.45, 7) is 3.08. The summed E-state index contributed by atoms with van der Waals surface area (Å²) in [7, 11) is 0. The molecule has 2 aliphatic rings. The number of hydrogen-bond donors (Lipinski definition) is 2. The molecular formula is C21H25Cl2FN4O. The van der Waals surface area contributed by atoms with Crippen LogP contribution in [0.2, 0.25) is 10.0 Å². The van der Waals surface area contributed by atoms with Crippen LogP contribution in [0.1, 0.15) is 37.1 Å². The number of hydrogen-bond acceptors (Lipinski definition) is 5. The van der Waals surface area contributed by atoms with E-state index in [1.807, 2.05) is 19.1 Å². The highest BCUT2D eigenvalue weighted by atomic mass is 35.5. The molecule has 1 aliphatic carbocycles. The van der Waals surface area contributed by atoms with Gasteiger partial charge in [0, 0.05) is 24.7 Å². The molecule has 0 amide bonds. The number of alkyl halides is 1. The number of aryl methyl sites for hydroxylation is 1. The molecule has 2 atom stereocenters. The Balaban J connectivity index is 1.63. The molecule has 2 fully saturated rings. The second-order valence-corrected chi connectivity index (χ2v) is 8.97. The van der Waals surface area contributed by atoms with Crippen LogP contribution in [-0.2, 0) is 6.61 Å². The van der Waals surface area contributed by atoms with Crippen molar-refractivity contribution in [1.82, 2.24) is 9.97 Å². The number of aromatic nitrogens is 2. The number of halogens is 3. The molecule has 1 aromatic carbocycles. The topological polar surface area (TPSA) is 75.3 Å². The molecule has 1 saturated carbocycles. The van der Waals surface area contributed by atoms with Gasteiger partial charge in [-0.2, -0.15) is 0 Å². The van der Waals surface area contributed by atoms with Gasteiger partial charge in [-0.1, -0.05) is 35.3 Å². The summed E-state index contributed by atoms with van der Waals surface area (Å²) < 4.78 is 13.9. The Morgan fingerprint density at radius 2 is 2.00 bits per heavy atom. The van der Waals surface area contributed by atoms with Crippen LogP contribution >= 0.6 is 23.2 Å². The molecule has 156 valence electrons. The SMILES string of the molecule is Cc1nc(N2CCC3(CC2)C[C@H](F)C[C@H]3N)c(CO)nc1-c1cccc(Cl)c1Cl. The van der Waals surface area contributed by atoms with E-state index in [1.54, 1.807) is 6.07 Å². The molecule has 4 rings (SSSR count). The van der Waals surface area contributed by atoms with Crippen molar-refractivity contribution in [3.8, 4) is 11.3 Å². The fraction of sp³-hybridized carbons (Fsp3) is 0.524. The molecule has 2 aromatic rings. The highest BCUT2D eigenvalue weighted by Crippen LogP contribution is 2.47. The Morgan fingerprint density at radius 1 is 1.28 bits per heavy atom. The minimum Gasteiger partial charge on any atom is -0.390 e. The quantitative estimate of drug-likeness (QED) is 0.746. The molecule has 2 heterocycles. The maximum atomic E-state index is 13.9. The molecule has 0 bridgehead atoms. The smallest absolute Gasteiger partial charge is 0.153 e. The number of nitrogens with two attached hydrogens (primary N) is 1. The largest absolute Gasteiger partial charge is 0.390 e. The molecule has 3 N–H and O–H groups in total. The minimum absolute atomic E-state index is 0.0860. The van der Waals surface area contributed by atoms with Gasteiger partial charge in [0.05, 0.1) is 28.0 Å². The third-order valence-electron chi connectivity index (χ3n) is 6.46. The number of anilines is 1. The van der Waals surface area contributed by atoms with Crippen LogP contribution in [0.25, 0.3) is 11.3 Å². The predicted octanol–water partition coefficient (Wildman–Crippen LogP) is 4.30. The Morgan fingerprint density at radius 3 is 2.62 bits per heavy atom. The fourth-order valence-electron chi connectivity index (χ4n) is 4.78. The van der Waals surface area contributed by atoms with E-state index in [2.05, 4.69) is 9.88 Å². The summed E-state index contributed by atoms with van der Waals surface area (Å²) >= 11 is 12.5. The summed E-state index contributed by atoms with van der Waals surface area (Å²) in [5.74, 6) is 0.671. The highest BCUT2D eigenvalue weighted by Gasteiger charge is 2.47. The van der Waals surface area contributed by atoms with Crippen LogP contribution in [0.3, 0.4) is 0 Å². The molecule has 1 spiro atoms. The molecule has 8 heteroatoms. The lowest BCUT2D eigenvalue weighted by molar-refractivity contribution is 0.183. The van der Waals surface area contributed by atoms with Gasteiger partial charge in [0.15, 0.2) is 5.82 Å². The van der Waals surface area contributed by atoms with Crippen LogP contribution in [-0.4, -0.2) is 40.4 Å². The van der Waals surface area contributed by atoms with Crippen molar-refractivity contribution in [2.75, 3.05) is 18.0 Å². The Hall–Kier alpha value is -1.47. The highest BCUT2D eigenvalue weighted by molar-refractivity contribution is 6.43. The maximum Gasteiger partial charge on any atom is 0.153 e. The van der Waals surface area contributed by atoms with Gasteiger partial charge >= 0.3 is 0 Å². The van der Waals surface area contributed by atoms with Crippen LogP contribution in [0.5, 0.6) is 0 Å². The van der Waals surface area contributed by atoms with Crippen molar-refractivity contribution in [2.45, 2.75) is 51.4 Å². The molecule has 1 aromatic heterocycles. The van der Waals surface area contributed by atoms with Crippen molar-refractivity contribution in [3.63, 3.8) is 0 Å². The summed E-state index contributed by atoms with van der Waals surface area (Å²) in [6, 6.07) is 5.28. The number of rotatable bonds is 3. The van der Waals surface area contributed by atoms with Gasteiger partial charge in [0.25, 0.3) is 0 Å². The van der Waals surface area contributed by atoms with Gasteiger partial charge in [-0.15, -0.1) is 0 Å². The lowest BCUT2D eigenvalue weighted by Crippen LogP contribution is -2.47. The Bertz CT molecular complexity index is 918. The van der Waals surface area contributed by atoms with Crippen molar-refractivity contribution < 1.29 is 9.50 Å². The monoisotopic (exact) mass is 438 g/mol. The second kappa shape index (κ2) is 7.99. The lowest BCUT2D eigenvalue weighted by atomic mass is 9.74. The third-order valence-corrected chi connectivity index (χ3v) is 7.28. The van der Waals surface area contributed by atoms with Gasteiger partial charge in [0.1, 0.15) is 11.9 Å². The van der Waals surface area contributed by atoms with Gasteiger partial charge in [-0.05, 0) is 44.1 Å². The number of piperidine rings is 1. The van der Waals surface area contributed by atoms with E-state index < -0.39 is 6.17 Å². The number of benzene rings is 1. The maximum absolute atomic E-state index is 13.9. The van der Waals surface area contributed by atoms with Crippen LogP contribution in [0.15, 0.2) is 18.2 Å². The molecule has 0 radical (unpaired) electrons. The molecular weight excluding hydrogens is 414 g/mol. The van der Waals surface area contributed by atoms with Crippen molar-refractivity contribution in [3.05, 3.63) is 39.6 Å². The summed E-state index contributed by atoms with van der Waals surface area (Å²) in [5.41, 5.74) is 8.65. The number of aliphatic hydroxyl groups excluding tert-OH is 1. The summed E-state index contributed by atoms with van der Waals surface area (Å²) in [4.78, 5) is 11.6. The normalized spacial score (nSPS) is 23.7. The van der Waals surface area contributed by atoms with Gasteiger partial charge < -0.3 is 15.7 Å². The average Bonchev–Trinajstić information content (AvgIpc) is 2.97. The zero-order valence-electron chi connectivity index (χ0n) is 16.3. The first kappa shape index (κ1) is 20.8. The van der Waals surface area contributed by atoms with E-state index in [9.17, 15) is 9.50 Å². The van der Waals surface area contributed by atoms with Crippen molar-refractivity contribution in [1.29, 1.82) is 0 Å². The van der Waals surface area contributed by atoms with Crippen LogP contribution in [0, 0.1) is 12.3 Å². The van der Waals surface area contributed by atoms with E-state index >= 15 is 0 Å². The Kier molecular flexibility index (Phi) is 5.73. The van der Waals surface area contributed by atoms with Crippen LogP contribution in [0.4, 0.5) is 10.2 Å². The summed E-state index contributed by atoms with van der Waals surface area (Å²) in [5, 5.41) is 10.8. The average molecular weight is 439 g/mol. The zero-order valence-corrected chi connectivity index (χ0v) is 17.8. The molecule has 1 aliphatic heterocycles. The molecule has 29 heavy (non-hydrogen) atoms. The summed E-state index contributed by atoms with van der Waals surface area (Å²) in [6.07, 6.45) is 1.85. The number of aliphatic hydroxyl groups is 1. The predicted molar refractivity (Wildman–Crippen MR) is 114 cm³/mol. The first-order chi connectivity index (χ1) is 13.8. The Labute approximate surface area is 180 Å². The first-order valence-electron chi connectivity index (χ1n) is 9.92. The van der Waals surface area contributed by atoms with E-state index in [4.69, 9.17) is 33.9 Å². The fourth-order valence-corrected chi connectivity index (χ4v) is 5.17. The first-order valence-corrected chi connectivity index (χ1v) is 10.7. The lowest BCUT2D eigenvalue weighted by Gasteiger charge is -2.42. The van der Waals surface area contributed by atoms with E-state index in [1.165, 1.54) is 0 Å². The van der Waals surface area contributed by atoms with E-state index in [-0.39, 0.29) is 18.1 Å². The van der Waals surface area contributed by atoms with Crippen molar-refractivity contribution in [2.24, 2.45) is 11.1 Å². The van der Waals surface area contributed by atoms with Gasteiger partial charge in [-0.25, -0.2) is 14.4 Å². The standard InChI is InChI=1S/C21H25Cl2FN4O/c1-12-19(14-3-2-4-15(22)18(14)23)27-16(11-29)20(26-12)28-7-5-21(6-8-28)10-13(24)9-17(21)25/h2-4,13,17,29H,5-11,25H2,1H3/t13-,17-/m1/s1. The van der Waals surface area contributed by atoms with E-state index in [0.29, 0.717) is 51.4 Å². The van der Waals surface area contributed by atoms with Gasteiger partial charge in [-0.3, -0.25) is 0 Å². The van der Waals surface area contributed by atoms with Gasteiger partial charge in [0.2, 0.25) is 0 Å². The molecule has 5 nitrogen and oxygen atoms in total.